The van der Waals surface area contributed by atoms with Crippen LogP contribution in [0.4, 0.5) is 17.1 Å². The SMILES string of the molecule is CC1(C)c2ccccc2-c2ccc(N(c3ccc4ccccc4c3)c3ccc4c(c3)c(-c3ccc5ccccc5c3)c(-c3ccc5ccccc5c3)c3cc(-c5cc6ccccc6cc5-c5ccccc5)ccc34)cc21. The Labute approximate surface area is 443 Å². The second-order valence-electron chi connectivity index (χ2n) is 21.2. The van der Waals surface area contributed by atoms with Crippen molar-refractivity contribution < 1.29 is 0 Å². The first-order chi connectivity index (χ1) is 37.4. The highest BCUT2D eigenvalue weighted by Crippen LogP contribution is 2.53. The van der Waals surface area contributed by atoms with Crippen molar-refractivity contribution in [2.75, 3.05) is 4.90 Å². The lowest BCUT2D eigenvalue weighted by atomic mass is 9.82. The summed E-state index contributed by atoms with van der Waals surface area (Å²) < 4.78 is 0. The fourth-order valence-corrected chi connectivity index (χ4v) is 12.8. The molecule has 0 saturated heterocycles. The molecule has 14 aromatic rings. The Morgan fingerprint density at radius 3 is 1.29 bits per heavy atom. The van der Waals surface area contributed by atoms with E-state index in [0.29, 0.717) is 0 Å². The minimum Gasteiger partial charge on any atom is -0.310 e. The third-order valence-corrected chi connectivity index (χ3v) is 16.5. The van der Waals surface area contributed by atoms with Crippen LogP contribution < -0.4 is 4.90 Å². The number of hydrogen-bond acceptors (Lipinski definition) is 1. The van der Waals surface area contributed by atoms with E-state index in [2.05, 4.69) is 292 Å². The molecule has 0 fully saturated rings. The number of fused-ring (bicyclic) bond motifs is 10. The second-order valence-corrected chi connectivity index (χ2v) is 21.2. The number of anilines is 3. The van der Waals surface area contributed by atoms with Crippen molar-refractivity contribution in [1.29, 1.82) is 0 Å². The van der Waals surface area contributed by atoms with E-state index < -0.39 is 0 Å². The topological polar surface area (TPSA) is 3.24 Å². The first kappa shape index (κ1) is 44.0. The van der Waals surface area contributed by atoms with Crippen LogP contribution in [0.3, 0.4) is 0 Å². The molecule has 76 heavy (non-hydrogen) atoms. The van der Waals surface area contributed by atoms with Crippen LogP contribution in [0.2, 0.25) is 0 Å². The van der Waals surface area contributed by atoms with Gasteiger partial charge in [-0.25, -0.2) is 0 Å². The van der Waals surface area contributed by atoms with Gasteiger partial charge in [0, 0.05) is 22.5 Å². The molecule has 0 amide bonds. The highest BCUT2D eigenvalue weighted by Gasteiger charge is 2.36. The lowest BCUT2D eigenvalue weighted by Gasteiger charge is -2.29. The molecule has 1 nitrogen and oxygen atoms in total. The molecular weight excluding hydrogens is 915 g/mol. The van der Waals surface area contributed by atoms with E-state index in [0.717, 1.165) is 17.1 Å². The summed E-state index contributed by atoms with van der Waals surface area (Å²) in [5.41, 5.74) is 18.2. The number of rotatable bonds is 7. The molecule has 1 aliphatic rings. The Morgan fingerprint density at radius 2 is 0.658 bits per heavy atom. The van der Waals surface area contributed by atoms with E-state index in [1.165, 1.54) is 131 Å². The lowest BCUT2D eigenvalue weighted by Crippen LogP contribution is -2.16. The average molecular weight is 966 g/mol. The van der Waals surface area contributed by atoms with Gasteiger partial charge in [0.15, 0.2) is 0 Å². The largest absolute Gasteiger partial charge is 0.310 e. The minimum absolute atomic E-state index is 0.162. The van der Waals surface area contributed by atoms with E-state index in [-0.39, 0.29) is 5.41 Å². The van der Waals surface area contributed by atoms with Crippen LogP contribution in [0.5, 0.6) is 0 Å². The maximum absolute atomic E-state index is 2.49. The minimum atomic E-state index is -0.162. The van der Waals surface area contributed by atoms with Gasteiger partial charge in [0.2, 0.25) is 0 Å². The third kappa shape index (κ3) is 7.08. The Bertz CT molecular complexity index is 4670. The monoisotopic (exact) mass is 965 g/mol. The van der Waals surface area contributed by atoms with Gasteiger partial charge in [-0.15, -0.1) is 0 Å². The van der Waals surface area contributed by atoms with Crippen molar-refractivity contribution in [3.05, 3.63) is 284 Å². The molecule has 14 aromatic carbocycles. The molecule has 0 spiro atoms. The Hall–Kier alpha value is -9.56. The first-order valence-corrected chi connectivity index (χ1v) is 26.6. The summed E-state index contributed by atoms with van der Waals surface area (Å²) >= 11 is 0. The lowest BCUT2D eigenvalue weighted by molar-refractivity contribution is 0.660. The highest BCUT2D eigenvalue weighted by molar-refractivity contribution is 6.23. The van der Waals surface area contributed by atoms with E-state index >= 15 is 0 Å². The molecule has 0 N–H and O–H groups in total. The predicted octanol–water partition coefficient (Wildman–Crippen LogP) is 21.0. The molecular formula is C75H51N. The van der Waals surface area contributed by atoms with Crippen molar-refractivity contribution in [3.63, 3.8) is 0 Å². The molecule has 0 unspecified atom stereocenters. The van der Waals surface area contributed by atoms with Crippen molar-refractivity contribution in [2.24, 2.45) is 0 Å². The van der Waals surface area contributed by atoms with Gasteiger partial charge < -0.3 is 4.90 Å². The van der Waals surface area contributed by atoms with E-state index in [1.54, 1.807) is 0 Å². The van der Waals surface area contributed by atoms with Crippen LogP contribution in [0.15, 0.2) is 273 Å². The molecule has 356 valence electrons. The van der Waals surface area contributed by atoms with Crippen molar-refractivity contribution in [2.45, 2.75) is 19.3 Å². The molecule has 0 aromatic heterocycles. The zero-order valence-corrected chi connectivity index (χ0v) is 42.4. The summed E-state index contributed by atoms with van der Waals surface area (Å²) in [4.78, 5) is 2.49. The molecule has 0 heterocycles. The Kier molecular flexibility index (Phi) is 9.99. The van der Waals surface area contributed by atoms with Crippen molar-refractivity contribution in [1.82, 2.24) is 0 Å². The third-order valence-electron chi connectivity index (χ3n) is 16.5. The van der Waals surface area contributed by atoms with Gasteiger partial charge >= 0.3 is 0 Å². The maximum Gasteiger partial charge on any atom is 0.0468 e. The van der Waals surface area contributed by atoms with Gasteiger partial charge in [-0.05, 0) is 198 Å². The number of benzene rings is 14. The quantitative estimate of drug-likeness (QED) is 0.144. The molecule has 0 saturated carbocycles. The summed E-state index contributed by atoms with van der Waals surface area (Å²) in [7, 11) is 0. The zero-order valence-electron chi connectivity index (χ0n) is 42.4. The molecule has 0 bridgehead atoms. The van der Waals surface area contributed by atoms with Gasteiger partial charge in [-0.1, -0.05) is 220 Å². The Morgan fingerprint density at radius 1 is 0.237 bits per heavy atom. The van der Waals surface area contributed by atoms with Gasteiger partial charge in [-0.3, -0.25) is 0 Å². The fourth-order valence-electron chi connectivity index (χ4n) is 12.8. The van der Waals surface area contributed by atoms with Gasteiger partial charge in [-0.2, -0.15) is 0 Å². The first-order valence-electron chi connectivity index (χ1n) is 26.6. The highest BCUT2D eigenvalue weighted by atomic mass is 15.1. The summed E-state index contributed by atoms with van der Waals surface area (Å²) in [6.07, 6.45) is 0. The number of nitrogens with zero attached hydrogens (tertiary/aromatic N) is 1. The molecule has 15 rings (SSSR count). The van der Waals surface area contributed by atoms with Gasteiger partial charge in [0.1, 0.15) is 0 Å². The number of hydrogen-bond donors (Lipinski definition) is 0. The summed E-state index contributed by atoms with van der Waals surface area (Å²) in [6.45, 7) is 4.75. The molecule has 0 atom stereocenters. The zero-order chi connectivity index (χ0) is 50.5. The van der Waals surface area contributed by atoms with E-state index in [1.807, 2.05) is 0 Å². The second kappa shape index (κ2) is 17.3. The van der Waals surface area contributed by atoms with Gasteiger partial charge in [0.25, 0.3) is 0 Å². The molecule has 1 heteroatoms. The molecule has 1 aliphatic carbocycles. The van der Waals surface area contributed by atoms with Crippen LogP contribution >= 0.6 is 0 Å². The van der Waals surface area contributed by atoms with Crippen LogP contribution in [0, 0.1) is 0 Å². The van der Waals surface area contributed by atoms with Crippen molar-refractivity contribution >= 4 is 81.7 Å². The van der Waals surface area contributed by atoms with E-state index in [4.69, 9.17) is 0 Å². The van der Waals surface area contributed by atoms with Crippen molar-refractivity contribution in [3.8, 4) is 55.6 Å². The van der Waals surface area contributed by atoms with Crippen LogP contribution in [0.25, 0.3) is 120 Å². The van der Waals surface area contributed by atoms with E-state index in [9.17, 15) is 0 Å². The summed E-state index contributed by atoms with van der Waals surface area (Å²) in [6, 6.07) is 102. The summed E-state index contributed by atoms with van der Waals surface area (Å²) in [5, 5.41) is 14.6. The van der Waals surface area contributed by atoms with Crippen LogP contribution in [0.1, 0.15) is 25.0 Å². The smallest absolute Gasteiger partial charge is 0.0468 e. The normalized spacial score (nSPS) is 12.7. The standard InChI is InChI=1S/C75H51N/c1-75(2)71-27-15-14-26-65(71)66-39-36-62(47-72(66)75)76(60-34-32-50-18-8-11-23-54(50)42-60)61-35-38-64-63-37-33-57(68-44-56-25-13-12-24-55(56)43-67(68)51-19-4-3-5-20-51)45-69(63)73(58-30-28-48-16-6-9-21-52(48)40-58)74(70(64)46-61)59-31-29-49-17-7-10-22-53(49)41-59/h3-47H,1-2H3. The van der Waals surface area contributed by atoms with Crippen LogP contribution in [-0.2, 0) is 5.41 Å². The fraction of sp³-hybridized carbons (Fsp3) is 0.0400. The summed E-state index contributed by atoms with van der Waals surface area (Å²) in [5.74, 6) is 0. The average Bonchev–Trinajstić information content (AvgIpc) is 3.81. The van der Waals surface area contributed by atoms with Gasteiger partial charge in [0.05, 0.1) is 0 Å². The Balaban J connectivity index is 1.05. The molecule has 0 radical (unpaired) electrons. The van der Waals surface area contributed by atoms with Crippen LogP contribution in [-0.4, -0.2) is 0 Å². The predicted molar refractivity (Wildman–Crippen MR) is 325 cm³/mol. The molecule has 0 aliphatic heterocycles. The maximum atomic E-state index is 2.49.